The number of ketones is 1. The van der Waals surface area contributed by atoms with E-state index in [-0.39, 0.29) is 56.2 Å². The van der Waals surface area contributed by atoms with Crippen molar-refractivity contribution in [3.8, 4) is 22.5 Å². The third-order valence-corrected chi connectivity index (χ3v) is 7.82. The number of amides is 2. The van der Waals surface area contributed by atoms with Crippen LogP contribution in [0.2, 0.25) is 0 Å². The van der Waals surface area contributed by atoms with Crippen molar-refractivity contribution in [3.63, 3.8) is 0 Å². The van der Waals surface area contributed by atoms with Crippen LogP contribution in [0.15, 0.2) is 48.5 Å². The van der Waals surface area contributed by atoms with Gasteiger partial charge in [0.2, 0.25) is 11.8 Å². The lowest BCUT2D eigenvalue weighted by Crippen LogP contribution is -2.34. The monoisotopic (exact) mass is 661 g/mol. The van der Waals surface area contributed by atoms with E-state index in [1.165, 1.54) is 4.68 Å². The molecular weight excluding hydrogens is 614 g/mol. The minimum Gasteiger partial charge on any atom is -0.462 e. The predicted octanol–water partition coefficient (Wildman–Crippen LogP) is 4.74. The van der Waals surface area contributed by atoms with Crippen molar-refractivity contribution in [2.24, 2.45) is 5.92 Å². The number of hydrogen-bond donors (Lipinski definition) is 1. The number of nitrogens with one attached hydrogen (secondary N) is 1. The van der Waals surface area contributed by atoms with Crippen LogP contribution in [0.4, 0.5) is 5.69 Å². The first-order valence-corrected chi connectivity index (χ1v) is 16.7. The number of fused-ring (bicyclic) bond motifs is 5. The summed E-state index contributed by atoms with van der Waals surface area (Å²) in [5, 5.41) is 11.6. The van der Waals surface area contributed by atoms with E-state index in [0.29, 0.717) is 67.8 Å². The minimum absolute atomic E-state index is 0.000539. The fraction of sp³-hybridized carbons (Fsp3) is 0.500. The first-order valence-electron chi connectivity index (χ1n) is 16.7. The highest BCUT2D eigenvalue weighted by Crippen LogP contribution is 2.41. The smallest absolute Gasteiger partial charge is 0.327 e. The maximum Gasteiger partial charge on any atom is 0.327 e. The molecule has 0 aliphatic carbocycles. The Kier molecular flexibility index (Phi) is 13.8. The number of rotatable bonds is 18. The molecule has 258 valence electrons. The zero-order chi connectivity index (χ0) is 34.5. The summed E-state index contributed by atoms with van der Waals surface area (Å²) in [7, 11) is 0. The number of hydrogen-bond acceptors (Lipinski definition) is 9. The summed E-state index contributed by atoms with van der Waals surface area (Å²) in [6.07, 6.45) is 1.86. The Hall–Kier alpha value is -4.42. The summed E-state index contributed by atoms with van der Waals surface area (Å²) in [6, 6.07) is 15.0. The van der Waals surface area contributed by atoms with Crippen LogP contribution in [0.25, 0.3) is 22.5 Å². The molecule has 12 heteroatoms. The highest BCUT2D eigenvalue weighted by molar-refractivity contribution is 6.01. The fourth-order valence-corrected chi connectivity index (χ4v) is 5.32. The van der Waals surface area contributed by atoms with Gasteiger partial charge in [0.15, 0.2) is 0 Å². The quantitative estimate of drug-likeness (QED) is 0.151. The Bertz CT molecular complexity index is 1550. The zero-order valence-corrected chi connectivity index (χ0v) is 28.4. The molecule has 2 amide bonds. The Labute approximate surface area is 282 Å². The molecule has 48 heavy (non-hydrogen) atoms. The maximum absolute atomic E-state index is 13.7. The summed E-state index contributed by atoms with van der Waals surface area (Å²) in [6.45, 7) is 9.47. The SMILES string of the molecule is CC(C)CCC(=O)CCOCCNC(=O)CCC(=O)N1Cc2ccccc2-c2c(nnn2CC(=O)OCCOC(C)C)-c2ccccc21. The van der Waals surface area contributed by atoms with E-state index < -0.39 is 5.97 Å². The van der Waals surface area contributed by atoms with E-state index in [2.05, 4.69) is 29.5 Å². The summed E-state index contributed by atoms with van der Waals surface area (Å²) in [5.74, 6) is -0.257. The summed E-state index contributed by atoms with van der Waals surface area (Å²) in [5.41, 5.74) is 4.14. The Morgan fingerprint density at radius 2 is 1.60 bits per heavy atom. The highest BCUT2D eigenvalue weighted by Gasteiger charge is 2.29. The molecule has 0 atom stereocenters. The standard InChI is InChI=1S/C36H47N5O7/c1-25(2)13-14-28(42)17-19-46-20-18-37-32(43)15-16-33(44)40-23-27-9-5-6-10-29(27)36-35(30-11-7-8-12-31(30)40)38-39-41(36)24-34(45)48-22-21-47-26(3)4/h5-12,25-26H,13-24H2,1-4H3,(H,37,43). The van der Waals surface area contributed by atoms with Gasteiger partial charge in [-0.1, -0.05) is 61.5 Å². The van der Waals surface area contributed by atoms with Crippen molar-refractivity contribution in [1.29, 1.82) is 0 Å². The Balaban J connectivity index is 1.39. The number of para-hydroxylation sites is 1. The maximum atomic E-state index is 13.7. The number of carbonyl (C=O) groups excluding carboxylic acids is 4. The third kappa shape index (κ3) is 10.5. The molecule has 0 spiro atoms. The van der Waals surface area contributed by atoms with E-state index in [1.54, 1.807) is 4.90 Å². The van der Waals surface area contributed by atoms with E-state index in [0.717, 1.165) is 17.5 Å². The molecule has 0 fully saturated rings. The number of nitrogens with zero attached hydrogens (tertiary/aromatic N) is 4. The fourth-order valence-electron chi connectivity index (χ4n) is 5.32. The number of anilines is 1. The van der Waals surface area contributed by atoms with Crippen molar-refractivity contribution in [2.45, 2.75) is 79.0 Å². The molecule has 3 aromatic rings. The van der Waals surface area contributed by atoms with Crippen LogP contribution in [-0.4, -0.2) is 77.6 Å². The summed E-state index contributed by atoms with van der Waals surface area (Å²) >= 11 is 0. The van der Waals surface area contributed by atoms with Gasteiger partial charge in [-0.15, -0.1) is 5.10 Å². The van der Waals surface area contributed by atoms with Crippen LogP contribution in [0.3, 0.4) is 0 Å². The van der Waals surface area contributed by atoms with Crippen molar-refractivity contribution < 1.29 is 33.4 Å². The lowest BCUT2D eigenvalue weighted by atomic mass is 9.95. The molecule has 1 aliphatic rings. The number of aromatic nitrogens is 3. The van der Waals surface area contributed by atoms with Gasteiger partial charge in [0.05, 0.1) is 43.9 Å². The molecule has 2 aromatic carbocycles. The molecule has 0 saturated heterocycles. The van der Waals surface area contributed by atoms with Gasteiger partial charge in [-0.25, -0.2) is 4.68 Å². The van der Waals surface area contributed by atoms with Gasteiger partial charge in [-0.05, 0) is 37.8 Å². The topological polar surface area (TPSA) is 142 Å². The van der Waals surface area contributed by atoms with Gasteiger partial charge in [-0.3, -0.25) is 19.2 Å². The van der Waals surface area contributed by atoms with Crippen molar-refractivity contribution in [1.82, 2.24) is 20.3 Å². The molecule has 1 aliphatic heterocycles. The molecule has 1 aromatic heterocycles. The number of carbonyl (C=O) groups is 4. The van der Waals surface area contributed by atoms with Crippen molar-refractivity contribution >= 4 is 29.3 Å². The molecule has 12 nitrogen and oxygen atoms in total. The molecule has 2 heterocycles. The molecular formula is C36H47N5O7. The van der Waals surface area contributed by atoms with Gasteiger partial charge in [0.25, 0.3) is 0 Å². The van der Waals surface area contributed by atoms with Crippen LogP contribution in [0.5, 0.6) is 0 Å². The van der Waals surface area contributed by atoms with Crippen molar-refractivity contribution in [2.75, 3.05) is 37.9 Å². The summed E-state index contributed by atoms with van der Waals surface area (Å²) in [4.78, 5) is 52.6. The van der Waals surface area contributed by atoms with Crippen LogP contribution >= 0.6 is 0 Å². The zero-order valence-electron chi connectivity index (χ0n) is 28.4. The second kappa shape index (κ2) is 18.2. The number of Topliss-reactive ketones (excluding diaryl/α,β-unsaturated/α-hetero) is 1. The number of ether oxygens (including phenoxy) is 3. The number of esters is 1. The van der Waals surface area contributed by atoms with Gasteiger partial charge >= 0.3 is 5.97 Å². The molecule has 0 unspecified atom stereocenters. The molecule has 0 radical (unpaired) electrons. The third-order valence-electron chi connectivity index (χ3n) is 7.82. The predicted molar refractivity (Wildman–Crippen MR) is 181 cm³/mol. The lowest BCUT2D eigenvalue weighted by Gasteiger charge is -2.28. The van der Waals surface area contributed by atoms with Gasteiger partial charge in [-0.2, -0.15) is 0 Å². The normalized spacial score (nSPS) is 12.2. The van der Waals surface area contributed by atoms with Crippen LogP contribution < -0.4 is 10.2 Å². The molecule has 1 N–H and O–H groups in total. The van der Waals surface area contributed by atoms with E-state index >= 15 is 0 Å². The average Bonchev–Trinajstić information content (AvgIpc) is 3.46. The van der Waals surface area contributed by atoms with Gasteiger partial charge in [0, 0.05) is 43.4 Å². The lowest BCUT2D eigenvalue weighted by molar-refractivity contribution is -0.146. The van der Waals surface area contributed by atoms with Crippen molar-refractivity contribution in [3.05, 3.63) is 54.1 Å². The Morgan fingerprint density at radius 1 is 0.854 bits per heavy atom. The van der Waals surface area contributed by atoms with Gasteiger partial charge in [0.1, 0.15) is 24.6 Å². The van der Waals surface area contributed by atoms with Crippen LogP contribution in [-0.2, 0) is 46.5 Å². The second-order valence-electron chi connectivity index (χ2n) is 12.4. The highest BCUT2D eigenvalue weighted by atomic mass is 16.6. The first kappa shape index (κ1) is 36.4. The second-order valence-corrected chi connectivity index (χ2v) is 12.4. The molecule has 0 saturated carbocycles. The van der Waals surface area contributed by atoms with E-state index in [9.17, 15) is 19.2 Å². The number of benzene rings is 2. The summed E-state index contributed by atoms with van der Waals surface area (Å²) < 4.78 is 17.9. The Morgan fingerprint density at radius 3 is 2.38 bits per heavy atom. The molecule has 4 rings (SSSR count). The first-order chi connectivity index (χ1) is 23.1. The van der Waals surface area contributed by atoms with Gasteiger partial charge < -0.3 is 24.4 Å². The van der Waals surface area contributed by atoms with Crippen LogP contribution in [0.1, 0.15) is 65.4 Å². The van der Waals surface area contributed by atoms with E-state index in [1.807, 2.05) is 62.4 Å². The van der Waals surface area contributed by atoms with Crippen LogP contribution in [0, 0.1) is 5.92 Å². The van der Waals surface area contributed by atoms with E-state index in [4.69, 9.17) is 14.2 Å². The minimum atomic E-state index is -0.461. The molecule has 0 bridgehead atoms. The average molecular weight is 662 g/mol. The largest absolute Gasteiger partial charge is 0.462 e.